The highest BCUT2D eigenvalue weighted by Crippen LogP contribution is 2.13. The van der Waals surface area contributed by atoms with Crippen molar-refractivity contribution in [2.45, 2.75) is 122 Å². The summed E-state index contributed by atoms with van der Waals surface area (Å²) in [4.78, 5) is 32.7. The number of hydrogen-bond acceptors (Lipinski definition) is 13. The molecule has 0 atom stereocenters. The van der Waals surface area contributed by atoms with E-state index in [0.717, 1.165) is 13.0 Å². The van der Waals surface area contributed by atoms with Crippen molar-refractivity contribution in [1.29, 1.82) is 0 Å². The molecule has 0 radical (unpaired) electrons. The van der Waals surface area contributed by atoms with E-state index in [0.29, 0.717) is 106 Å². The molecule has 0 amide bonds. The number of carbonyl (C=O) groups excluding carboxylic acids is 2. The molecule has 326 valence electrons. The summed E-state index contributed by atoms with van der Waals surface area (Å²) in [6.45, 7) is 11.0. The Morgan fingerprint density at radius 3 is 0.873 bits per heavy atom. The molecule has 0 heterocycles. The van der Waals surface area contributed by atoms with Crippen molar-refractivity contribution in [3.8, 4) is 0 Å². The lowest BCUT2D eigenvalue weighted by Gasteiger charge is -2.09. The van der Waals surface area contributed by atoms with Crippen LogP contribution in [-0.4, -0.2) is 148 Å². The van der Waals surface area contributed by atoms with Crippen molar-refractivity contribution in [2.24, 2.45) is 0 Å². The minimum atomic E-state index is -1.56. The van der Waals surface area contributed by atoms with Gasteiger partial charge in [0.1, 0.15) is 6.61 Å². The summed E-state index contributed by atoms with van der Waals surface area (Å²) in [5.74, 6) is -3.22. The summed E-state index contributed by atoms with van der Waals surface area (Å²) in [5, 5.41) is 8.46. The van der Waals surface area contributed by atoms with E-state index in [1.54, 1.807) is 0 Å². The normalized spacial score (nSPS) is 11.4. The smallest absolute Gasteiger partial charge is 0.372 e. The molecule has 0 saturated carbocycles. The van der Waals surface area contributed by atoms with E-state index in [4.69, 9.17) is 52.5 Å². The zero-order chi connectivity index (χ0) is 40.0. The first-order chi connectivity index (χ1) is 27.1. The fraction of sp³-hybridized carbons (Fsp3) is 0.927. The van der Waals surface area contributed by atoms with Gasteiger partial charge in [0.2, 0.25) is 5.78 Å². The van der Waals surface area contributed by atoms with Gasteiger partial charge in [0.15, 0.2) is 0 Å². The Hall–Kier alpha value is -1.75. The van der Waals surface area contributed by atoms with Crippen LogP contribution in [0, 0.1) is 0 Å². The molecule has 0 spiro atoms. The molecular formula is C41H78O14. The van der Waals surface area contributed by atoms with Crippen LogP contribution in [0.1, 0.15) is 122 Å². The molecular weight excluding hydrogens is 716 g/mol. The Morgan fingerprint density at radius 2 is 0.582 bits per heavy atom. The number of carbonyl (C=O) groups is 3. The second-order valence-electron chi connectivity index (χ2n) is 13.3. The molecule has 0 aliphatic carbocycles. The van der Waals surface area contributed by atoms with Crippen molar-refractivity contribution < 1.29 is 66.9 Å². The highest BCUT2D eigenvalue weighted by molar-refractivity contribution is 6.32. The Bertz CT molecular complexity index is 816. The largest absolute Gasteiger partial charge is 0.476 e. The van der Waals surface area contributed by atoms with E-state index >= 15 is 0 Å². The van der Waals surface area contributed by atoms with Crippen LogP contribution in [0.4, 0.5) is 0 Å². The monoisotopic (exact) mass is 795 g/mol. The molecule has 0 rings (SSSR count). The van der Waals surface area contributed by atoms with Crippen LogP contribution in [0.2, 0.25) is 0 Å². The van der Waals surface area contributed by atoms with E-state index in [9.17, 15) is 14.4 Å². The average Bonchev–Trinajstić information content (AvgIpc) is 3.18. The molecule has 0 aromatic rings. The summed E-state index contributed by atoms with van der Waals surface area (Å²) < 4.78 is 54.2. The molecule has 55 heavy (non-hydrogen) atoms. The maximum Gasteiger partial charge on any atom is 0.372 e. The molecule has 0 fully saturated rings. The fourth-order valence-corrected chi connectivity index (χ4v) is 5.22. The molecule has 0 bridgehead atoms. The van der Waals surface area contributed by atoms with Gasteiger partial charge < -0.3 is 52.5 Å². The van der Waals surface area contributed by atoms with Gasteiger partial charge in [-0.2, -0.15) is 0 Å². The zero-order valence-corrected chi connectivity index (χ0v) is 34.4. The van der Waals surface area contributed by atoms with Gasteiger partial charge in [-0.15, -0.1) is 0 Å². The van der Waals surface area contributed by atoms with Gasteiger partial charge in [-0.1, -0.05) is 103 Å². The van der Waals surface area contributed by atoms with Crippen molar-refractivity contribution in [2.75, 3.05) is 126 Å². The van der Waals surface area contributed by atoms with Crippen LogP contribution in [-0.2, 0) is 61.8 Å². The van der Waals surface area contributed by atoms with Crippen LogP contribution >= 0.6 is 0 Å². The SMILES string of the molecule is CCCCCCCCCCCCCCCCCCOCCOCCOCCOCCOCCOCCOCCOCCOCCOC(=O)CCC(=O)C(=O)O. The molecule has 0 aromatic heterocycles. The van der Waals surface area contributed by atoms with Gasteiger partial charge in [-0.3, -0.25) is 9.59 Å². The van der Waals surface area contributed by atoms with Crippen molar-refractivity contribution in [1.82, 2.24) is 0 Å². The highest BCUT2D eigenvalue weighted by Gasteiger charge is 2.14. The number of aliphatic carboxylic acids is 1. The number of ketones is 1. The number of esters is 1. The lowest BCUT2D eigenvalue weighted by molar-refractivity contribution is -0.151. The van der Waals surface area contributed by atoms with Crippen molar-refractivity contribution in [3.05, 3.63) is 0 Å². The van der Waals surface area contributed by atoms with Gasteiger partial charge in [0.05, 0.1) is 119 Å². The van der Waals surface area contributed by atoms with Crippen LogP contribution in [0.15, 0.2) is 0 Å². The minimum absolute atomic E-state index is 0.0188. The second-order valence-corrected chi connectivity index (χ2v) is 13.3. The third kappa shape index (κ3) is 46.5. The summed E-state index contributed by atoms with van der Waals surface area (Å²) in [6.07, 6.45) is 21.4. The van der Waals surface area contributed by atoms with E-state index in [-0.39, 0.29) is 26.1 Å². The fourth-order valence-electron chi connectivity index (χ4n) is 5.22. The number of carboxylic acids is 1. The Balaban J connectivity index is 3.11. The predicted octanol–water partition coefficient (Wildman–Crippen LogP) is 6.37. The number of rotatable bonds is 48. The quantitative estimate of drug-likeness (QED) is 0.0410. The zero-order valence-electron chi connectivity index (χ0n) is 34.4. The molecule has 0 aliphatic rings. The lowest BCUT2D eigenvalue weighted by atomic mass is 10.0. The number of unbranched alkanes of at least 4 members (excludes halogenated alkanes) is 15. The first kappa shape index (κ1) is 53.2. The molecule has 14 heteroatoms. The third-order valence-corrected chi connectivity index (χ3v) is 8.40. The van der Waals surface area contributed by atoms with Gasteiger partial charge in [0, 0.05) is 13.0 Å². The summed E-state index contributed by atoms with van der Waals surface area (Å²) in [6, 6.07) is 0. The summed E-state index contributed by atoms with van der Waals surface area (Å²) in [7, 11) is 0. The minimum Gasteiger partial charge on any atom is -0.476 e. The van der Waals surface area contributed by atoms with Gasteiger partial charge in [-0.05, 0) is 6.42 Å². The van der Waals surface area contributed by atoms with Gasteiger partial charge in [-0.25, -0.2) is 4.79 Å². The van der Waals surface area contributed by atoms with Crippen LogP contribution in [0.25, 0.3) is 0 Å². The molecule has 1 N–H and O–H groups in total. The Labute approximate surface area is 332 Å². The predicted molar refractivity (Wildman–Crippen MR) is 210 cm³/mol. The second kappa shape index (κ2) is 46.6. The van der Waals surface area contributed by atoms with E-state index in [1.165, 1.54) is 96.3 Å². The number of Topliss-reactive ketones (excluding diaryl/α,β-unsaturated/α-hetero) is 1. The topological polar surface area (TPSA) is 164 Å². The van der Waals surface area contributed by atoms with E-state index < -0.39 is 17.7 Å². The number of ether oxygens (including phenoxy) is 10. The van der Waals surface area contributed by atoms with E-state index in [1.807, 2.05) is 0 Å². The standard InChI is InChI=1S/C41H78O14/c1-2-3-4-5-6-7-8-9-10-11-12-13-14-15-16-17-20-46-21-22-47-23-24-48-25-26-49-27-28-50-29-30-51-31-32-52-33-34-53-35-36-54-37-38-55-40(43)19-18-39(42)41(44)45/h2-38H2,1H3,(H,44,45). The third-order valence-electron chi connectivity index (χ3n) is 8.40. The maximum absolute atomic E-state index is 11.4. The first-order valence-electron chi connectivity index (χ1n) is 21.2. The van der Waals surface area contributed by atoms with Crippen molar-refractivity contribution in [3.63, 3.8) is 0 Å². The Morgan fingerprint density at radius 1 is 0.327 bits per heavy atom. The first-order valence-corrected chi connectivity index (χ1v) is 21.2. The maximum atomic E-state index is 11.4. The molecule has 0 saturated heterocycles. The molecule has 0 unspecified atom stereocenters. The van der Waals surface area contributed by atoms with Gasteiger partial charge >= 0.3 is 11.9 Å². The summed E-state index contributed by atoms with van der Waals surface area (Å²) in [5.41, 5.74) is 0. The van der Waals surface area contributed by atoms with Crippen LogP contribution < -0.4 is 0 Å². The number of hydrogen-bond donors (Lipinski definition) is 1. The highest BCUT2D eigenvalue weighted by atomic mass is 16.6. The lowest BCUT2D eigenvalue weighted by Crippen LogP contribution is -2.17. The average molecular weight is 795 g/mol. The van der Waals surface area contributed by atoms with Crippen LogP contribution in [0.3, 0.4) is 0 Å². The van der Waals surface area contributed by atoms with Gasteiger partial charge in [0.25, 0.3) is 0 Å². The Kier molecular flexibility index (Phi) is 45.1. The molecule has 14 nitrogen and oxygen atoms in total. The summed E-state index contributed by atoms with van der Waals surface area (Å²) >= 11 is 0. The molecule has 0 aromatic carbocycles. The van der Waals surface area contributed by atoms with Crippen LogP contribution in [0.5, 0.6) is 0 Å². The number of carboxylic acid groups (broad SMARTS) is 1. The van der Waals surface area contributed by atoms with Crippen molar-refractivity contribution >= 4 is 17.7 Å². The van der Waals surface area contributed by atoms with E-state index in [2.05, 4.69) is 6.92 Å². The molecule has 0 aliphatic heterocycles.